The number of nitrogens with one attached hydrogen (secondary N) is 1. The fourth-order valence-corrected chi connectivity index (χ4v) is 2.93. The molecule has 1 fully saturated rings. The molecule has 2 nitrogen and oxygen atoms in total. The Morgan fingerprint density at radius 3 is 2.75 bits per heavy atom. The molecule has 0 aromatic heterocycles. The zero-order valence-corrected chi connectivity index (χ0v) is 13.2. The lowest BCUT2D eigenvalue weighted by atomic mass is 9.94. The van der Waals surface area contributed by atoms with Crippen molar-refractivity contribution >= 4 is 0 Å². The van der Waals surface area contributed by atoms with Crippen LogP contribution in [0.3, 0.4) is 0 Å². The van der Waals surface area contributed by atoms with Crippen LogP contribution in [0, 0.1) is 13.8 Å². The summed E-state index contributed by atoms with van der Waals surface area (Å²) >= 11 is 0. The molecule has 0 saturated carbocycles. The largest absolute Gasteiger partial charge is 0.377 e. The van der Waals surface area contributed by atoms with Crippen LogP contribution in [0.4, 0.5) is 0 Å². The number of hydrogen-bond donors (Lipinski definition) is 1. The van der Waals surface area contributed by atoms with Gasteiger partial charge in [0, 0.05) is 12.6 Å². The van der Waals surface area contributed by atoms with E-state index in [4.69, 9.17) is 4.74 Å². The SMILES string of the molecule is CCCNC(Cc1ccc(C)c(C)c1)C1CCCCO1. The Kier molecular flexibility index (Phi) is 6.06. The van der Waals surface area contributed by atoms with Crippen LogP contribution in [0.5, 0.6) is 0 Å². The van der Waals surface area contributed by atoms with Gasteiger partial charge in [-0.1, -0.05) is 25.1 Å². The van der Waals surface area contributed by atoms with Crippen molar-refractivity contribution in [3.05, 3.63) is 34.9 Å². The standard InChI is InChI=1S/C18H29NO/c1-4-10-19-17(18-7-5-6-11-20-18)13-16-9-8-14(2)15(3)12-16/h8-9,12,17-19H,4-7,10-11,13H2,1-3H3. The van der Waals surface area contributed by atoms with Gasteiger partial charge >= 0.3 is 0 Å². The van der Waals surface area contributed by atoms with Gasteiger partial charge in [-0.25, -0.2) is 0 Å². The lowest BCUT2D eigenvalue weighted by molar-refractivity contribution is -0.00737. The third-order valence-electron chi connectivity index (χ3n) is 4.35. The highest BCUT2D eigenvalue weighted by Gasteiger charge is 2.24. The van der Waals surface area contributed by atoms with E-state index < -0.39 is 0 Å². The molecule has 2 rings (SSSR count). The molecule has 1 N–H and O–H groups in total. The Morgan fingerprint density at radius 1 is 1.25 bits per heavy atom. The van der Waals surface area contributed by atoms with Crippen LogP contribution < -0.4 is 5.32 Å². The molecule has 0 radical (unpaired) electrons. The number of rotatable bonds is 6. The van der Waals surface area contributed by atoms with Gasteiger partial charge in [-0.05, 0) is 69.2 Å². The molecule has 1 aliphatic rings. The summed E-state index contributed by atoms with van der Waals surface area (Å²) in [7, 11) is 0. The van der Waals surface area contributed by atoms with Gasteiger partial charge in [-0.3, -0.25) is 0 Å². The van der Waals surface area contributed by atoms with Crippen molar-refractivity contribution in [2.24, 2.45) is 0 Å². The normalized spacial score (nSPS) is 20.9. The maximum absolute atomic E-state index is 6.00. The van der Waals surface area contributed by atoms with Crippen molar-refractivity contribution in [2.75, 3.05) is 13.2 Å². The van der Waals surface area contributed by atoms with Gasteiger partial charge < -0.3 is 10.1 Å². The number of hydrogen-bond acceptors (Lipinski definition) is 2. The fourth-order valence-electron chi connectivity index (χ4n) is 2.93. The molecular formula is C18H29NO. The number of benzene rings is 1. The molecule has 0 spiro atoms. The van der Waals surface area contributed by atoms with Crippen LogP contribution in [-0.4, -0.2) is 25.3 Å². The smallest absolute Gasteiger partial charge is 0.0731 e. The van der Waals surface area contributed by atoms with E-state index in [0.29, 0.717) is 12.1 Å². The van der Waals surface area contributed by atoms with E-state index in [1.165, 1.54) is 42.4 Å². The maximum Gasteiger partial charge on any atom is 0.0731 e. The molecule has 0 bridgehead atoms. The number of ether oxygens (including phenoxy) is 1. The van der Waals surface area contributed by atoms with Gasteiger partial charge in [-0.15, -0.1) is 0 Å². The molecule has 112 valence electrons. The third kappa shape index (κ3) is 4.32. The topological polar surface area (TPSA) is 21.3 Å². The highest BCUT2D eigenvalue weighted by atomic mass is 16.5. The van der Waals surface area contributed by atoms with E-state index in [-0.39, 0.29) is 0 Å². The molecule has 0 amide bonds. The van der Waals surface area contributed by atoms with Crippen LogP contribution in [-0.2, 0) is 11.2 Å². The van der Waals surface area contributed by atoms with Gasteiger partial charge in [0.2, 0.25) is 0 Å². The monoisotopic (exact) mass is 275 g/mol. The Balaban J connectivity index is 2.03. The average Bonchev–Trinajstić information content (AvgIpc) is 2.48. The molecule has 2 atom stereocenters. The van der Waals surface area contributed by atoms with Crippen molar-refractivity contribution in [1.82, 2.24) is 5.32 Å². The van der Waals surface area contributed by atoms with Crippen LogP contribution in [0.2, 0.25) is 0 Å². The first-order valence-electron chi connectivity index (χ1n) is 8.12. The van der Waals surface area contributed by atoms with Crippen molar-refractivity contribution in [2.45, 2.75) is 65.0 Å². The van der Waals surface area contributed by atoms with Gasteiger partial charge in [-0.2, -0.15) is 0 Å². The van der Waals surface area contributed by atoms with E-state index in [2.05, 4.69) is 44.3 Å². The summed E-state index contributed by atoms with van der Waals surface area (Å²) in [6, 6.07) is 7.30. The summed E-state index contributed by atoms with van der Waals surface area (Å²) in [5, 5.41) is 3.70. The van der Waals surface area contributed by atoms with Crippen molar-refractivity contribution in [1.29, 1.82) is 0 Å². The quantitative estimate of drug-likeness (QED) is 0.853. The first-order valence-corrected chi connectivity index (χ1v) is 8.12. The molecule has 0 aliphatic carbocycles. The molecule has 1 aromatic rings. The molecular weight excluding hydrogens is 246 g/mol. The number of aryl methyl sites for hydroxylation is 2. The summed E-state index contributed by atoms with van der Waals surface area (Å²) in [6.45, 7) is 8.61. The van der Waals surface area contributed by atoms with E-state index in [1.807, 2.05) is 0 Å². The van der Waals surface area contributed by atoms with E-state index >= 15 is 0 Å². The minimum Gasteiger partial charge on any atom is -0.377 e. The molecule has 2 heteroatoms. The fraction of sp³-hybridized carbons (Fsp3) is 0.667. The minimum absolute atomic E-state index is 0.386. The average molecular weight is 275 g/mol. The second-order valence-electron chi connectivity index (χ2n) is 6.09. The van der Waals surface area contributed by atoms with Crippen LogP contribution in [0.1, 0.15) is 49.3 Å². The summed E-state index contributed by atoms with van der Waals surface area (Å²) in [5.74, 6) is 0. The predicted octanol–water partition coefficient (Wildman–Crippen LogP) is 3.78. The molecule has 1 aliphatic heterocycles. The summed E-state index contributed by atoms with van der Waals surface area (Å²) in [6.07, 6.45) is 6.37. The van der Waals surface area contributed by atoms with E-state index in [0.717, 1.165) is 19.6 Å². The lowest BCUT2D eigenvalue weighted by Crippen LogP contribution is -2.44. The summed E-state index contributed by atoms with van der Waals surface area (Å²) in [4.78, 5) is 0. The molecule has 1 saturated heterocycles. The van der Waals surface area contributed by atoms with Crippen molar-refractivity contribution < 1.29 is 4.74 Å². The second kappa shape index (κ2) is 7.80. The lowest BCUT2D eigenvalue weighted by Gasteiger charge is -2.31. The predicted molar refractivity (Wildman–Crippen MR) is 85.3 cm³/mol. The highest BCUT2D eigenvalue weighted by Crippen LogP contribution is 2.20. The van der Waals surface area contributed by atoms with Gasteiger partial charge in [0.1, 0.15) is 0 Å². The first kappa shape index (κ1) is 15.5. The first-order chi connectivity index (χ1) is 9.70. The Bertz CT molecular complexity index is 410. The van der Waals surface area contributed by atoms with Crippen molar-refractivity contribution in [3.63, 3.8) is 0 Å². The van der Waals surface area contributed by atoms with Gasteiger partial charge in [0.05, 0.1) is 6.10 Å². The maximum atomic E-state index is 6.00. The Morgan fingerprint density at radius 2 is 2.10 bits per heavy atom. The Labute approximate surface area is 123 Å². The van der Waals surface area contributed by atoms with E-state index in [9.17, 15) is 0 Å². The summed E-state index contributed by atoms with van der Waals surface area (Å²) < 4.78 is 6.00. The molecule has 2 unspecified atom stereocenters. The van der Waals surface area contributed by atoms with Gasteiger partial charge in [0.25, 0.3) is 0 Å². The van der Waals surface area contributed by atoms with E-state index in [1.54, 1.807) is 0 Å². The summed E-state index contributed by atoms with van der Waals surface area (Å²) in [5.41, 5.74) is 4.19. The minimum atomic E-state index is 0.386. The second-order valence-corrected chi connectivity index (χ2v) is 6.09. The zero-order valence-electron chi connectivity index (χ0n) is 13.2. The Hall–Kier alpha value is -0.860. The zero-order chi connectivity index (χ0) is 14.4. The molecule has 1 heterocycles. The van der Waals surface area contributed by atoms with Crippen molar-refractivity contribution in [3.8, 4) is 0 Å². The molecule has 20 heavy (non-hydrogen) atoms. The van der Waals surface area contributed by atoms with Crippen LogP contribution in [0.15, 0.2) is 18.2 Å². The third-order valence-corrected chi connectivity index (χ3v) is 4.35. The molecule has 1 aromatic carbocycles. The van der Waals surface area contributed by atoms with Crippen LogP contribution in [0.25, 0.3) is 0 Å². The van der Waals surface area contributed by atoms with Gasteiger partial charge in [0.15, 0.2) is 0 Å². The van der Waals surface area contributed by atoms with Crippen LogP contribution >= 0.6 is 0 Å². The highest BCUT2D eigenvalue weighted by molar-refractivity contribution is 5.30.